The highest BCUT2D eigenvalue weighted by Gasteiger charge is 2.40. The molecule has 2 atom stereocenters. The second-order valence-electron chi connectivity index (χ2n) is 8.56. The zero-order valence-electron chi connectivity index (χ0n) is 17.3. The Morgan fingerprint density at radius 3 is 2.42 bits per heavy atom. The van der Waals surface area contributed by atoms with E-state index in [1.54, 1.807) is 0 Å². The van der Waals surface area contributed by atoms with E-state index in [0.717, 1.165) is 42.6 Å². The number of fused-ring (bicyclic) bond motifs is 5. The molecule has 3 heterocycles. The third kappa shape index (κ3) is 3.11. The first-order chi connectivity index (χ1) is 15.2. The summed E-state index contributed by atoms with van der Waals surface area (Å²) >= 11 is 4.51. The number of para-hydroxylation sites is 1. The second-order valence-corrected chi connectivity index (χ2v) is 11.2. The molecule has 2 aromatic heterocycles. The number of alkyl halides is 1. The fraction of sp³-hybridized carbons (Fsp3) is 0.308. The van der Waals surface area contributed by atoms with Crippen LogP contribution in [0.2, 0.25) is 0 Å². The number of benzene rings is 2. The number of halogens is 1. The zero-order valence-corrected chi connectivity index (χ0v) is 20.2. The van der Waals surface area contributed by atoms with Crippen LogP contribution in [0, 0.1) is 0 Å². The predicted octanol–water partition coefficient (Wildman–Crippen LogP) is 5.56. The first kappa shape index (κ1) is 19.7. The highest BCUT2D eigenvalue weighted by molar-refractivity contribution is 14.1. The fourth-order valence-electron chi connectivity index (χ4n) is 5.35. The van der Waals surface area contributed by atoms with Crippen LogP contribution in [-0.2, 0) is 19.3 Å². The van der Waals surface area contributed by atoms with E-state index in [0.29, 0.717) is 3.92 Å². The number of nitrogens with zero attached hydrogens (tertiary/aromatic N) is 2. The molecule has 0 bridgehead atoms. The number of aryl methyl sites for hydroxylation is 2. The summed E-state index contributed by atoms with van der Waals surface area (Å²) in [6.07, 6.45) is 6.54. The smallest absolute Gasteiger partial charge is 0.240 e. The first-order valence-electron chi connectivity index (χ1n) is 11.1. The molecular weight excluding hydrogens is 515 g/mol. The van der Waals surface area contributed by atoms with Gasteiger partial charge < -0.3 is 0 Å². The molecule has 1 aliphatic carbocycles. The van der Waals surface area contributed by atoms with Crippen LogP contribution in [0.25, 0.3) is 15.9 Å². The molecule has 31 heavy (non-hydrogen) atoms. The Labute approximate surface area is 199 Å². The third-order valence-corrected chi connectivity index (χ3v) is 9.34. The van der Waals surface area contributed by atoms with Crippen molar-refractivity contribution in [1.82, 2.24) is 4.57 Å². The molecule has 2 aliphatic rings. The summed E-state index contributed by atoms with van der Waals surface area (Å²) in [6.45, 7) is 0. The normalized spacial score (nSPS) is 20.4. The zero-order chi connectivity index (χ0) is 20.9. The molecule has 0 spiro atoms. The van der Waals surface area contributed by atoms with Crippen LogP contribution in [0.3, 0.4) is 0 Å². The molecule has 5 heteroatoms. The van der Waals surface area contributed by atoms with Crippen LogP contribution in [0.4, 0.5) is 0 Å². The maximum absolute atomic E-state index is 14.0. The van der Waals surface area contributed by atoms with Gasteiger partial charge in [0, 0.05) is 4.88 Å². The lowest BCUT2D eigenvalue weighted by Gasteiger charge is -2.29. The van der Waals surface area contributed by atoms with E-state index in [-0.39, 0.29) is 11.6 Å². The molecule has 0 unspecified atom stereocenters. The van der Waals surface area contributed by atoms with Crippen molar-refractivity contribution in [2.24, 2.45) is 0 Å². The highest BCUT2D eigenvalue weighted by Crippen LogP contribution is 2.38. The van der Waals surface area contributed by atoms with Gasteiger partial charge >= 0.3 is 5.56 Å². The van der Waals surface area contributed by atoms with Crippen LogP contribution >= 0.6 is 33.9 Å². The van der Waals surface area contributed by atoms with Crippen molar-refractivity contribution < 1.29 is 4.57 Å². The first-order valence-corrected chi connectivity index (χ1v) is 13.2. The van der Waals surface area contributed by atoms with Crippen molar-refractivity contribution in [3.63, 3.8) is 0 Å². The summed E-state index contributed by atoms with van der Waals surface area (Å²) in [4.78, 5) is 16.6. The van der Waals surface area contributed by atoms with Gasteiger partial charge in [-0.3, -0.25) is 0 Å². The Morgan fingerprint density at radius 1 is 0.935 bits per heavy atom. The Hall–Kier alpha value is -1.99. The Morgan fingerprint density at radius 2 is 1.65 bits per heavy atom. The predicted molar refractivity (Wildman–Crippen MR) is 135 cm³/mol. The number of aromatic nitrogens is 2. The standard InChI is InChI=1S/C26H24IN2OS/c27-20-15-16-22-28(18-11-5-2-6-12-18)25(30)23-19-13-7-8-14-21(19)31-26(23)29(22)24(20)17-9-3-1-4-10-17/h1-6,9-12,20,24H,7-8,13-16H2/q+1/t20-,24-/m1/s1. The molecular formula is C26H24IN2OS+. The molecule has 1 aliphatic heterocycles. The average molecular weight is 539 g/mol. The van der Waals surface area contributed by atoms with Gasteiger partial charge in [0.2, 0.25) is 0 Å². The molecule has 3 nitrogen and oxygen atoms in total. The summed E-state index contributed by atoms with van der Waals surface area (Å²) in [5.74, 6) is 1.14. The lowest BCUT2D eigenvalue weighted by molar-refractivity contribution is -0.701. The molecule has 6 rings (SSSR count). The monoisotopic (exact) mass is 539 g/mol. The summed E-state index contributed by atoms with van der Waals surface area (Å²) in [6, 6.07) is 21.3. The van der Waals surface area contributed by atoms with E-state index >= 15 is 0 Å². The summed E-state index contributed by atoms with van der Waals surface area (Å²) in [7, 11) is 0. The number of thiophene rings is 1. The summed E-state index contributed by atoms with van der Waals surface area (Å²) < 4.78 is 5.03. The molecule has 0 amide bonds. The Bertz CT molecular complexity index is 1330. The molecule has 0 saturated carbocycles. The van der Waals surface area contributed by atoms with E-state index in [1.807, 2.05) is 34.1 Å². The third-order valence-electron chi connectivity index (χ3n) is 6.74. The second kappa shape index (κ2) is 7.85. The van der Waals surface area contributed by atoms with Gasteiger partial charge in [0.25, 0.3) is 5.82 Å². The number of hydrogen-bond acceptors (Lipinski definition) is 2. The van der Waals surface area contributed by atoms with Crippen molar-refractivity contribution in [1.29, 1.82) is 0 Å². The van der Waals surface area contributed by atoms with Crippen molar-refractivity contribution in [3.05, 3.63) is 92.8 Å². The van der Waals surface area contributed by atoms with E-state index in [4.69, 9.17) is 0 Å². The van der Waals surface area contributed by atoms with Crippen molar-refractivity contribution in [2.75, 3.05) is 0 Å². The number of hydrogen-bond donors (Lipinski definition) is 0. The van der Waals surface area contributed by atoms with Crippen molar-refractivity contribution >= 4 is 44.1 Å². The van der Waals surface area contributed by atoms with Crippen LogP contribution in [0.5, 0.6) is 0 Å². The van der Waals surface area contributed by atoms with E-state index in [1.165, 1.54) is 33.7 Å². The Balaban J connectivity index is 1.75. The minimum atomic E-state index is 0.172. The lowest BCUT2D eigenvalue weighted by Crippen LogP contribution is -2.55. The largest absolute Gasteiger partial charge is 0.351 e. The van der Waals surface area contributed by atoms with Gasteiger partial charge in [-0.05, 0) is 55.4 Å². The van der Waals surface area contributed by atoms with Crippen molar-refractivity contribution in [3.8, 4) is 5.69 Å². The van der Waals surface area contributed by atoms with Crippen molar-refractivity contribution in [2.45, 2.75) is 48.5 Å². The van der Waals surface area contributed by atoms with Gasteiger partial charge in [0.1, 0.15) is 17.1 Å². The molecule has 0 radical (unpaired) electrons. The SMILES string of the molecule is O=c1c2c3c(sc2[n+]2c(n1-c1ccccc1)CC[C@@H](I)[C@H]2c1ccccc1)CCCC3. The summed E-state index contributed by atoms with van der Waals surface area (Å²) in [5.41, 5.74) is 3.80. The minimum Gasteiger partial charge on any atom is -0.240 e. The van der Waals surface area contributed by atoms with Gasteiger partial charge in [-0.1, -0.05) is 82.5 Å². The number of rotatable bonds is 2. The fourth-order valence-corrected chi connectivity index (χ4v) is 7.84. The quantitative estimate of drug-likeness (QED) is 0.186. The van der Waals surface area contributed by atoms with Crippen LogP contribution in [0.1, 0.15) is 47.1 Å². The molecule has 0 N–H and O–H groups in total. The van der Waals surface area contributed by atoms with Gasteiger partial charge in [-0.15, -0.1) is 0 Å². The minimum absolute atomic E-state index is 0.172. The van der Waals surface area contributed by atoms with Crippen LogP contribution in [-0.4, -0.2) is 8.49 Å². The molecule has 156 valence electrons. The van der Waals surface area contributed by atoms with Gasteiger partial charge in [0.15, 0.2) is 4.83 Å². The average Bonchev–Trinajstić information content (AvgIpc) is 3.21. The molecule has 0 saturated heterocycles. The van der Waals surface area contributed by atoms with Gasteiger partial charge in [-0.2, -0.15) is 4.57 Å². The maximum atomic E-state index is 14.0. The highest BCUT2D eigenvalue weighted by atomic mass is 127. The van der Waals surface area contributed by atoms with E-state index in [2.05, 4.69) is 69.6 Å². The maximum Gasteiger partial charge on any atom is 0.351 e. The van der Waals surface area contributed by atoms with Crippen LogP contribution < -0.4 is 10.1 Å². The molecule has 4 aromatic rings. The molecule has 0 fully saturated rings. The van der Waals surface area contributed by atoms with Gasteiger partial charge in [-0.25, -0.2) is 9.36 Å². The van der Waals surface area contributed by atoms with E-state index < -0.39 is 0 Å². The lowest BCUT2D eigenvalue weighted by atomic mass is 9.94. The van der Waals surface area contributed by atoms with Crippen LogP contribution in [0.15, 0.2) is 65.5 Å². The van der Waals surface area contributed by atoms with E-state index in [9.17, 15) is 4.79 Å². The van der Waals surface area contributed by atoms with Gasteiger partial charge in [0.05, 0.1) is 10.3 Å². The molecule has 2 aromatic carbocycles. The Kier molecular flexibility index (Phi) is 4.98. The summed E-state index contributed by atoms with van der Waals surface area (Å²) in [5, 5.41) is 0.971. The topological polar surface area (TPSA) is 25.9 Å².